The van der Waals surface area contributed by atoms with Crippen molar-refractivity contribution in [1.82, 2.24) is 0 Å². The minimum atomic E-state index is -0.712. The number of nitrogens with two attached hydrogens (primary N) is 1. The Kier molecular flexibility index (Phi) is 3.48. The van der Waals surface area contributed by atoms with Crippen molar-refractivity contribution < 1.29 is 18.3 Å². The summed E-state index contributed by atoms with van der Waals surface area (Å²) < 4.78 is 31.5. The van der Waals surface area contributed by atoms with Crippen LogP contribution in [-0.2, 0) is 4.74 Å². The van der Waals surface area contributed by atoms with Crippen molar-refractivity contribution in [3.8, 4) is 0 Å². The van der Waals surface area contributed by atoms with Crippen molar-refractivity contribution in [2.24, 2.45) is 5.73 Å². The van der Waals surface area contributed by atoms with E-state index in [4.69, 9.17) is 10.5 Å². The average Bonchev–Trinajstić information content (AvgIpc) is 2.66. The van der Waals surface area contributed by atoms with Crippen LogP contribution in [0.3, 0.4) is 0 Å². The molecule has 1 aliphatic rings. The van der Waals surface area contributed by atoms with Gasteiger partial charge in [0.1, 0.15) is 18.2 Å². The van der Waals surface area contributed by atoms with E-state index in [-0.39, 0.29) is 28.5 Å². The van der Waals surface area contributed by atoms with Gasteiger partial charge in [0.05, 0.1) is 15.3 Å². The Morgan fingerprint density at radius 3 is 2.59 bits per heavy atom. The summed E-state index contributed by atoms with van der Waals surface area (Å²) in [6.07, 6.45) is -0.638. The van der Waals surface area contributed by atoms with Crippen molar-refractivity contribution in [2.45, 2.75) is 6.04 Å². The molecule has 1 heterocycles. The van der Waals surface area contributed by atoms with Crippen LogP contribution in [0.2, 0.25) is 0 Å². The molecular weight excluding hydrogens is 345 g/mol. The van der Waals surface area contributed by atoms with Gasteiger partial charge in [-0.1, -0.05) is 0 Å². The number of cyclic esters (lactones) is 1. The molecule has 0 bridgehead atoms. The Morgan fingerprint density at radius 2 is 2.06 bits per heavy atom. The Hall–Kier alpha value is -0.960. The predicted octanol–water partition coefficient (Wildman–Crippen LogP) is 1.85. The molecule has 1 saturated heterocycles. The summed E-state index contributed by atoms with van der Waals surface area (Å²) in [5.74, 6) is -1.42. The minimum absolute atomic E-state index is 0.108. The van der Waals surface area contributed by atoms with Crippen LogP contribution < -0.4 is 10.6 Å². The van der Waals surface area contributed by atoms with Crippen LogP contribution in [0.4, 0.5) is 19.3 Å². The largest absolute Gasteiger partial charge is 0.447 e. The number of amides is 1. The van der Waals surface area contributed by atoms with Crippen LogP contribution in [0.5, 0.6) is 0 Å². The summed E-state index contributed by atoms with van der Waals surface area (Å²) in [5, 5.41) is 0. The molecule has 0 unspecified atom stereocenters. The minimum Gasteiger partial charge on any atom is -0.447 e. The van der Waals surface area contributed by atoms with E-state index in [9.17, 15) is 13.6 Å². The van der Waals surface area contributed by atoms with E-state index in [2.05, 4.69) is 0 Å². The molecule has 1 amide bonds. The molecule has 17 heavy (non-hydrogen) atoms. The molecule has 1 aromatic carbocycles. The van der Waals surface area contributed by atoms with Gasteiger partial charge in [-0.15, -0.1) is 0 Å². The highest BCUT2D eigenvalue weighted by molar-refractivity contribution is 14.1. The lowest BCUT2D eigenvalue weighted by Gasteiger charge is -2.20. The monoisotopic (exact) mass is 354 g/mol. The summed E-state index contributed by atoms with van der Waals surface area (Å²) in [7, 11) is 0. The number of ether oxygens (including phenoxy) is 1. The third-order valence-electron chi connectivity index (χ3n) is 2.48. The Morgan fingerprint density at radius 1 is 1.47 bits per heavy atom. The molecule has 1 fully saturated rings. The summed E-state index contributed by atoms with van der Waals surface area (Å²) in [5.41, 5.74) is 5.59. The van der Waals surface area contributed by atoms with Gasteiger partial charge in [-0.3, -0.25) is 4.90 Å². The molecule has 0 spiro atoms. The van der Waals surface area contributed by atoms with E-state index in [0.717, 1.165) is 12.1 Å². The first-order chi connectivity index (χ1) is 8.04. The van der Waals surface area contributed by atoms with Crippen molar-refractivity contribution in [1.29, 1.82) is 0 Å². The molecule has 0 saturated carbocycles. The van der Waals surface area contributed by atoms with Gasteiger partial charge in [-0.25, -0.2) is 13.6 Å². The second kappa shape index (κ2) is 4.73. The van der Waals surface area contributed by atoms with Crippen molar-refractivity contribution in [3.63, 3.8) is 0 Å². The number of hydrogen-bond donors (Lipinski definition) is 1. The first-order valence-corrected chi connectivity index (χ1v) is 5.93. The molecule has 2 rings (SSSR count). The fourth-order valence-electron chi connectivity index (χ4n) is 1.63. The molecular formula is C10H9F2IN2O2. The van der Waals surface area contributed by atoms with Crippen LogP contribution >= 0.6 is 22.6 Å². The molecule has 1 aromatic rings. The quantitative estimate of drug-likeness (QED) is 0.652. The lowest BCUT2D eigenvalue weighted by atomic mass is 10.2. The molecule has 4 nitrogen and oxygen atoms in total. The fraction of sp³-hybridized carbons (Fsp3) is 0.300. The predicted molar refractivity (Wildman–Crippen MR) is 65.7 cm³/mol. The zero-order valence-corrected chi connectivity index (χ0v) is 10.8. The highest BCUT2D eigenvalue weighted by Crippen LogP contribution is 2.27. The van der Waals surface area contributed by atoms with E-state index in [1.165, 1.54) is 4.90 Å². The molecule has 1 aliphatic heterocycles. The number of halogens is 3. The maximum atomic E-state index is 13.4. The van der Waals surface area contributed by atoms with E-state index in [1.54, 1.807) is 22.6 Å². The number of benzene rings is 1. The summed E-state index contributed by atoms with van der Waals surface area (Å²) in [6, 6.07) is 1.81. The van der Waals surface area contributed by atoms with Gasteiger partial charge in [0.2, 0.25) is 0 Å². The average molecular weight is 354 g/mol. The number of rotatable bonds is 2. The maximum Gasteiger partial charge on any atom is 0.414 e. The van der Waals surface area contributed by atoms with E-state index in [0.29, 0.717) is 0 Å². The Bertz CT molecular complexity index is 447. The molecule has 0 aliphatic carbocycles. The number of nitrogens with zero attached hydrogens (tertiary/aromatic N) is 1. The topological polar surface area (TPSA) is 55.6 Å². The van der Waals surface area contributed by atoms with Gasteiger partial charge in [-0.05, 0) is 34.7 Å². The second-order valence-electron chi connectivity index (χ2n) is 3.56. The lowest BCUT2D eigenvalue weighted by Crippen LogP contribution is -2.39. The van der Waals surface area contributed by atoms with Gasteiger partial charge in [0.15, 0.2) is 0 Å². The SMILES string of the molecule is NC[C@@H]1COC(=O)N1c1cc(F)c(I)c(F)c1. The number of hydrogen-bond acceptors (Lipinski definition) is 3. The van der Waals surface area contributed by atoms with Gasteiger partial charge >= 0.3 is 6.09 Å². The molecule has 7 heteroatoms. The first-order valence-electron chi connectivity index (χ1n) is 4.85. The molecule has 0 radical (unpaired) electrons. The number of anilines is 1. The van der Waals surface area contributed by atoms with Gasteiger partial charge in [-0.2, -0.15) is 0 Å². The van der Waals surface area contributed by atoms with Crippen molar-refractivity contribution in [3.05, 3.63) is 27.3 Å². The zero-order chi connectivity index (χ0) is 12.6. The highest BCUT2D eigenvalue weighted by Gasteiger charge is 2.34. The smallest absolute Gasteiger partial charge is 0.414 e. The maximum absolute atomic E-state index is 13.4. The molecule has 0 aromatic heterocycles. The third-order valence-corrected chi connectivity index (χ3v) is 3.51. The van der Waals surface area contributed by atoms with E-state index < -0.39 is 17.7 Å². The van der Waals surface area contributed by atoms with Crippen LogP contribution in [-0.4, -0.2) is 25.3 Å². The second-order valence-corrected chi connectivity index (χ2v) is 4.64. The van der Waals surface area contributed by atoms with Gasteiger partial charge < -0.3 is 10.5 Å². The Labute approximate surface area is 110 Å². The number of carbonyl (C=O) groups is 1. The summed E-state index contributed by atoms with van der Waals surface area (Å²) in [6.45, 7) is 0.297. The Balaban J connectivity index is 2.42. The van der Waals surface area contributed by atoms with Crippen molar-refractivity contribution >= 4 is 34.4 Å². The fourth-order valence-corrected chi connectivity index (χ4v) is 1.94. The lowest BCUT2D eigenvalue weighted by molar-refractivity contribution is 0.179. The van der Waals surface area contributed by atoms with Gasteiger partial charge in [0.25, 0.3) is 0 Å². The third kappa shape index (κ3) is 2.21. The van der Waals surface area contributed by atoms with Crippen LogP contribution in [0, 0.1) is 15.2 Å². The number of carbonyl (C=O) groups excluding carboxylic acids is 1. The summed E-state index contributed by atoms with van der Waals surface area (Å²) >= 11 is 1.56. The zero-order valence-electron chi connectivity index (χ0n) is 8.62. The summed E-state index contributed by atoms with van der Waals surface area (Å²) in [4.78, 5) is 12.6. The van der Waals surface area contributed by atoms with Crippen LogP contribution in [0.25, 0.3) is 0 Å². The first kappa shape index (κ1) is 12.5. The molecule has 92 valence electrons. The van der Waals surface area contributed by atoms with Gasteiger partial charge in [0, 0.05) is 6.54 Å². The molecule has 2 N–H and O–H groups in total. The van der Waals surface area contributed by atoms with Crippen molar-refractivity contribution in [2.75, 3.05) is 18.1 Å². The standard InChI is InChI=1S/C10H9F2IN2O2/c11-7-1-5(2-8(12)9(7)13)15-6(3-14)4-17-10(15)16/h1-2,6H,3-4,14H2/t6-/m1/s1. The van der Waals surface area contributed by atoms with E-state index >= 15 is 0 Å². The van der Waals surface area contributed by atoms with E-state index in [1.807, 2.05) is 0 Å². The normalized spacial score (nSPS) is 19.6. The van der Waals surface area contributed by atoms with Crippen LogP contribution in [0.15, 0.2) is 12.1 Å². The van der Waals surface area contributed by atoms with Crippen LogP contribution in [0.1, 0.15) is 0 Å². The molecule has 1 atom stereocenters. The highest BCUT2D eigenvalue weighted by atomic mass is 127.